The predicted octanol–water partition coefficient (Wildman–Crippen LogP) is 4.28. The molecule has 0 aliphatic heterocycles. The number of hydrogen-bond acceptors (Lipinski definition) is 5. The van der Waals surface area contributed by atoms with Crippen LogP contribution in [0.2, 0.25) is 0 Å². The third-order valence-electron chi connectivity index (χ3n) is 4.60. The van der Waals surface area contributed by atoms with Crippen LogP contribution >= 0.6 is 0 Å². The molecule has 0 unspecified atom stereocenters. The third kappa shape index (κ3) is 3.67. The van der Waals surface area contributed by atoms with Crippen molar-refractivity contribution in [2.24, 2.45) is 0 Å². The fourth-order valence-corrected chi connectivity index (χ4v) is 3.14. The van der Waals surface area contributed by atoms with Crippen LogP contribution in [0.15, 0.2) is 59.1 Å². The van der Waals surface area contributed by atoms with E-state index in [9.17, 15) is 9.18 Å². The molecule has 4 rings (SSSR count). The van der Waals surface area contributed by atoms with Crippen LogP contribution in [0, 0.1) is 12.7 Å². The summed E-state index contributed by atoms with van der Waals surface area (Å²) in [5.41, 5.74) is 2.53. The van der Waals surface area contributed by atoms with Gasteiger partial charge in [0.1, 0.15) is 11.6 Å². The Morgan fingerprint density at radius 1 is 1.17 bits per heavy atom. The van der Waals surface area contributed by atoms with E-state index in [1.807, 2.05) is 24.3 Å². The van der Waals surface area contributed by atoms with Crippen molar-refractivity contribution in [3.05, 3.63) is 77.2 Å². The second-order valence-corrected chi connectivity index (χ2v) is 6.52. The van der Waals surface area contributed by atoms with Gasteiger partial charge in [0.15, 0.2) is 0 Å². The lowest BCUT2D eigenvalue weighted by molar-refractivity contribution is 0.0952. The molecular formula is C22H18FN3O3. The van der Waals surface area contributed by atoms with E-state index in [2.05, 4.69) is 15.5 Å². The number of benzene rings is 2. The quantitative estimate of drug-likeness (QED) is 0.550. The smallest absolute Gasteiger partial charge is 0.259 e. The first-order valence-corrected chi connectivity index (χ1v) is 9.00. The summed E-state index contributed by atoms with van der Waals surface area (Å²) in [6.07, 6.45) is 0. The summed E-state index contributed by atoms with van der Waals surface area (Å²) in [5, 5.41) is 7.30. The molecule has 0 saturated carbocycles. The van der Waals surface area contributed by atoms with Crippen molar-refractivity contribution in [2.45, 2.75) is 13.5 Å². The summed E-state index contributed by atoms with van der Waals surface area (Å²) < 4.78 is 24.7. The minimum Gasteiger partial charge on any atom is -0.497 e. The van der Waals surface area contributed by atoms with Gasteiger partial charge in [-0.1, -0.05) is 29.4 Å². The SMILES string of the molecule is COc1cccc(CNC(=O)c2cc(-c3ccccc3F)nc3onc(C)c23)c1. The number of aromatic nitrogens is 2. The van der Waals surface area contributed by atoms with E-state index in [0.717, 1.165) is 5.56 Å². The number of halogens is 1. The van der Waals surface area contributed by atoms with Gasteiger partial charge in [0.2, 0.25) is 0 Å². The van der Waals surface area contributed by atoms with Gasteiger partial charge in [-0.15, -0.1) is 0 Å². The minimum absolute atomic E-state index is 0.190. The highest BCUT2D eigenvalue weighted by molar-refractivity contribution is 6.07. The maximum absolute atomic E-state index is 14.3. The number of hydrogen-bond donors (Lipinski definition) is 1. The number of fused-ring (bicyclic) bond motifs is 1. The van der Waals surface area contributed by atoms with Gasteiger partial charge in [-0.3, -0.25) is 4.79 Å². The van der Waals surface area contributed by atoms with E-state index < -0.39 is 5.82 Å². The lowest BCUT2D eigenvalue weighted by atomic mass is 10.0. The highest BCUT2D eigenvalue weighted by Crippen LogP contribution is 2.28. The van der Waals surface area contributed by atoms with Gasteiger partial charge in [0.25, 0.3) is 11.6 Å². The fraction of sp³-hybridized carbons (Fsp3) is 0.136. The molecule has 1 N–H and O–H groups in total. The summed E-state index contributed by atoms with van der Waals surface area (Å²) in [6, 6.07) is 15.2. The van der Waals surface area contributed by atoms with Crippen LogP contribution in [0.25, 0.3) is 22.4 Å². The van der Waals surface area contributed by atoms with Gasteiger partial charge in [-0.2, -0.15) is 0 Å². The van der Waals surface area contributed by atoms with E-state index >= 15 is 0 Å². The molecule has 2 heterocycles. The fourth-order valence-electron chi connectivity index (χ4n) is 3.14. The molecule has 4 aromatic rings. The Hall–Kier alpha value is -3.74. The number of nitrogens with zero attached hydrogens (tertiary/aromatic N) is 2. The standard InChI is InChI=1S/C22H18FN3O3/c1-13-20-17(21(27)24-12-14-6-5-7-15(10-14)28-2)11-19(25-22(20)29-26-13)16-8-3-4-9-18(16)23/h3-11H,12H2,1-2H3,(H,24,27). The Bertz CT molecular complexity index is 1200. The summed E-state index contributed by atoms with van der Waals surface area (Å²) >= 11 is 0. The lowest BCUT2D eigenvalue weighted by Gasteiger charge is -2.09. The largest absolute Gasteiger partial charge is 0.497 e. The Balaban J connectivity index is 1.70. The monoisotopic (exact) mass is 391 g/mol. The molecule has 1 amide bonds. The first-order chi connectivity index (χ1) is 14.1. The van der Waals surface area contributed by atoms with Crippen molar-refractivity contribution in [1.29, 1.82) is 0 Å². The molecule has 2 aromatic heterocycles. The number of carbonyl (C=O) groups excluding carboxylic acids is 1. The molecule has 0 bridgehead atoms. The van der Waals surface area contributed by atoms with Crippen molar-refractivity contribution >= 4 is 17.0 Å². The normalized spacial score (nSPS) is 10.9. The second kappa shape index (κ2) is 7.71. The molecule has 0 radical (unpaired) electrons. The van der Waals surface area contributed by atoms with Crippen molar-refractivity contribution in [3.8, 4) is 17.0 Å². The molecule has 7 heteroatoms. The zero-order chi connectivity index (χ0) is 20.4. The Morgan fingerprint density at radius 2 is 2.00 bits per heavy atom. The zero-order valence-corrected chi connectivity index (χ0v) is 15.9. The molecule has 0 aliphatic rings. The van der Waals surface area contributed by atoms with E-state index in [4.69, 9.17) is 9.26 Å². The van der Waals surface area contributed by atoms with Gasteiger partial charge < -0.3 is 14.6 Å². The minimum atomic E-state index is -0.432. The summed E-state index contributed by atoms with van der Waals surface area (Å²) in [7, 11) is 1.59. The van der Waals surface area contributed by atoms with Gasteiger partial charge >= 0.3 is 0 Å². The number of nitrogens with one attached hydrogen (secondary N) is 1. The first-order valence-electron chi connectivity index (χ1n) is 9.00. The summed E-state index contributed by atoms with van der Waals surface area (Å²) in [6.45, 7) is 2.04. The van der Waals surface area contributed by atoms with Gasteiger partial charge in [-0.25, -0.2) is 9.37 Å². The van der Waals surface area contributed by atoms with Gasteiger partial charge in [-0.05, 0) is 42.8 Å². The zero-order valence-electron chi connectivity index (χ0n) is 15.9. The van der Waals surface area contributed by atoms with Gasteiger partial charge in [0.05, 0.1) is 29.4 Å². The molecule has 0 saturated heterocycles. The molecule has 146 valence electrons. The van der Waals surface area contributed by atoms with Crippen molar-refractivity contribution in [2.75, 3.05) is 7.11 Å². The van der Waals surface area contributed by atoms with E-state index in [1.165, 1.54) is 6.07 Å². The van der Waals surface area contributed by atoms with E-state index in [1.54, 1.807) is 38.3 Å². The average molecular weight is 391 g/mol. The molecular weight excluding hydrogens is 373 g/mol. The van der Waals surface area contributed by atoms with Crippen LogP contribution in [-0.2, 0) is 6.54 Å². The second-order valence-electron chi connectivity index (χ2n) is 6.52. The molecule has 29 heavy (non-hydrogen) atoms. The van der Waals surface area contributed by atoms with E-state index in [-0.39, 0.29) is 17.2 Å². The number of pyridine rings is 1. The number of carbonyl (C=O) groups is 1. The highest BCUT2D eigenvalue weighted by Gasteiger charge is 2.20. The third-order valence-corrected chi connectivity index (χ3v) is 4.60. The molecule has 0 spiro atoms. The number of ether oxygens (including phenoxy) is 1. The Kier molecular flexibility index (Phi) is 4.95. The van der Waals surface area contributed by atoms with Crippen LogP contribution < -0.4 is 10.1 Å². The highest BCUT2D eigenvalue weighted by atomic mass is 19.1. The summed E-state index contributed by atoms with van der Waals surface area (Å²) in [5.74, 6) is -0.0535. The molecule has 0 atom stereocenters. The van der Waals surface area contributed by atoms with Crippen molar-refractivity contribution in [1.82, 2.24) is 15.5 Å². The van der Waals surface area contributed by atoms with Gasteiger partial charge in [0, 0.05) is 12.1 Å². The van der Waals surface area contributed by atoms with Crippen LogP contribution in [0.5, 0.6) is 5.75 Å². The molecule has 0 fully saturated rings. The maximum Gasteiger partial charge on any atom is 0.259 e. The van der Waals surface area contributed by atoms with Crippen LogP contribution in [0.1, 0.15) is 21.6 Å². The Labute approximate surface area is 166 Å². The molecule has 6 nitrogen and oxygen atoms in total. The van der Waals surface area contributed by atoms with Crippen LogP contribution in [0.3, 0.4) is 0 Å². The predicted molar refractivity (Wildman–Crippen MR) is 106 cm³/mol. The molecule has 2 aromatic carbocycles. The topological polar surface area (TPSA) is 77.2 Å². The first kappa shape index (κ1) is 18.6. The van der Waals surface area contributed by atoms with Crippen LogP contribution in [0.4, 0.5) is 4.39 Å². The van der Waals surface area contributed by atoms with E-state index in [0.29, 0.717) is 34.6 Å². The maximum atomic E-state index is 14.3. The number of amides is 1. The van der Waals surface area contributed by atoms with Crippen molar-refractivity contribution < 1.29 is 18.4 Å². The van der Waals surface area contributed by atoms with Crippen LogP contribution in [-0.4, -0.2) is 23.2 Å². The molecule has 0 aliphatic carbocycles. The number of rotatable bonds is 5. The number of methoxy groups -OCH3 is 1. The van der Waals surface area contributed by atoms with Crippen molar-refractivity contribution in [3.63, 3.8) is 0 Å². The average Bonchev–Trinajstić information content (AvgIpc) is 3.12. The number of aryl methyl sites for hydroxylation is 1. The Morgan fingerprint density at radius 3 is 2.79 bits per heavy atom. The summed E-state index contributed by atoms with van der Waals surface area (Å²) in [4.78, 5) is 17.3. The lowest BCUT2D eigenvalue weighted by Crippen LogP contribution is -2.23.